The van der Waals surface area contributed by atoms with Gasteiger partial charge in [0.05, 0.1) is 13.1 Å². The Balaban J connectivity index is 1.39. The second-order valence-corrected chi connectivity index (χ2v) is 10.7. The molecule has 0 radical (unpaired) electrons. The van der Waals surface area contributed by atoms with Crippen molar-refractivity contribution in [3.05, 3.63) is 35.9 Å². The highest BCUT2D eigenvalue weighted by atomic mass is 16.5. The van der Waals surface area contributed by atoms with Crippen molar-refractivity contribution in [3.8, 4) is 0 Å². The van der Waals surface area contributed by atoms with Crippen LogP contribution in [0.15, 0.2) is 30.3 Å². The molecule has 194 valence electrons. The normalized spacial score (nSPS) is 23.0. The van der Waals surface area contributed by atoms with Crippen molar-refractivity contribution in [2.75, 3.05) is 32.9 Å². The van der Waals surface area contributed by atoms with Crippen molar-refractivity contribution in [2.45, 2.75) is 88.8 Å². The van der Waals surface area contributed by atoms with Gasteiger partial charge >= 0.3 is 0 Å². The number of nitrogens with one attached hydrogen (secondary N) is 3. The maximum absolute atomic E-state index is 13.7. The molecule has 2 aliphatic heterocycles. The number of amides is 2. The van der Waals surface area contributed by atoms with E-state index in [1.165, 1.54) is 19.3 Å². The van der Waals surface area contributed by atoms with Crippen LogP contribution in [0.2, 0.25) is 0 Å². The van der Waals surface area contributed by atoms with Crippen LogP contribution in [0, 0.1) is 5.92 Å². The van der Waals surface area contributed by atoms with Crippen molar-refractivity contribution in [1.82, 2.24) is 20.9 Å². The summed E-state index contributed by atoms with van der Waals surface area (Å²) in [6.45, 7) is 5.65. The Kier molecular flexibility index (Phi) is 9.58. The summed E-state index contributed by atoms with van der Waals surface area (Å²) in [5, 5.41) is 9.76. The van der Waals surface area contributed by atoms with Crippen LogP contribution in [-0.2, 0) is 19.9 Å². The first-order valence-electron chi connectivity index (χ1n) is 13.8. The van der Waals surface area contributed by atoms with Crippen LogP contribution in [0.25, 0.3) is 0 Å². The van der Waals surface area contributed by atoms with Crippen LogP contribution in [0.4, 0.5) is 0 Å². The number of carbonyl (C=O) groups is 2. The van der Waals surface area contributed by atoms with E-state index in [0.29, 0.717) is 38.1 Å². The first-order valence-corrected chi connectivity index (χ1v) is 13.8. The van der Waals surface area contributed by atoms with Crippen LogP contribution in [0.5, 0.6) is 0 Å². The van der Waals surface area contributed by atoms with Gasteiger partial charge in [-0.15, -0.1) is 0 Å². The molecule has 1 aromatic rings. The minimum absolute atomic E-state index is 0.0121. The second-order valence-electron chi connectivity index (χ2n) is 10.7. The highest BCUT2D eigenvalue weighted by molar-refractivity contribution is 5.88. The molecule has 1 unspecified atom stereocenters. The van der Waals surface area contributed by atoms with Gasteiger partial charge < -0.3 is 25.6 Å². The van der Waals surface area contributed by atoms with Crippen LogP contribution < -0.4 is 16.0 Å². The SMILES string of the molecule is CCCCOC1(c2ccccc2)CN(C(=O)[C@@H](CC2CCCCC2)NC(=O)CCC2CNCN2)C1. The van der Waals surface area contributed by atoms with E-state index in [1.54, 1.807) is 0 Å². The Morgan fingerprint density at radius 2 is 1.94 bits per heavy atom. The Hall–Kier alpha value is -1.96. The summed E-state index contributed by atoms with van der Waals surface area (Å²) in [6.07, 6.45) is 10.1. The fraction of sp³-hybridized carbons (Fsp3) is 0.714. The lowest BCUT2D eigenvalue weighted by Gasteiger charge is -2.51. The lowest BCUT2D eigenvalue weighted by atomic mass is 9.82. The van der Waals surface area contributed by atoms with Gasteiger partial charge in [-0.3, -0.25) is 9.59 Å². The predicted octanol–water partition coefficient (Wildman–Crippen LogP) is 3.30. The van der Waals surface area contributed by atoms with E-state index >= 15 is 0 Å². The number of nitrogens with zero attached hydrogens (tertiary/aromatic N) is 1. The van der Waals surface area contributed by atoms with Crippen LogP contribution in [-0.4, -0.2) is 61.7 Å². The molecule has 1 aromatic carbocycles. The standard InChI is InChI=1S/C28H44N4O3/c1-2-3-16-35-28(23-12-8-5-9-13-23)19-32(20-28)27(34)25(17-22-10-6-4-7-11-22)31-26(33)15-14-24-18-29-21-30-24/h5,8-9,12-13,22,24-25,29-30H,2-4,6-7,10-11,14-21H2,1H3,(H,31,33)/t24?,25-/m1/s1. The summed E-state index contributed by atoms with van der Waals surface area (Å²) in [4.78, 5) is 28.4. The molecular formula is C28H44N4O3. The smallest absolute Gasteiger partial charge is 0.245 e. The summed E-state index contributed by atoms with van der Waals surface area (Å²) in [5.74, 6) is 0.553. The number of hydrogen-bond donors (Lipinski definition) is 3. The zero-order valence-corrected chi connectivity index (χ0v) is 21.4. The maximum Gasteiger partial charge on any atom is 0.245 e. The Morgan fingerprint density at radius 3 is 2.63 bits per heavy atom. The molecular weight excluding hydrogens is 440 g/mol. The minimum atomic E-state index is -0.440. The topological polar surface area (TPSA) is 82.7 Å². The number of carbonyl (C=O) groups excluding carboxylic acids is 2. The number of ether oxygens (including phenoxy) is 1. The molecule has 0 bridgehead atoms. The largest absolute Gasteiger partial charge is 0.367 e. The van der Waals surface area contributed by atoms with E-state index in [-0.39, 0.29) is 11.8 Å². The molecule has 3 fully saturated rings. The van der Waals surface area contributed by atoms with E-state index in [9.17, 15) is 9.59 Å². The highest BCUT2D eigenvalue weighted by Crippen LogP contribution is 2.37. The molecule has 2 atom stereocenters. The van der Waals surface area contributed by atoms with Crippen molar-refractivity contribution < 1.29 is 14.3 Å². The average molecular weight is 485 g/mol. The molecule has 0 spiro atoms. The summed E-state index contributed by atoms with van der Waals surface area (Å²) < 4.78 is 6.38. The number of likely N-dealkylation sites (tertiary alicyclic amines) is 1. The minimum Gasteiger partial charge on any atom is -0.367 e. The second kappa shape index (κ2) is 12.8. The number of rotatable bonds is 12. The molecule has 0 aromatic heterocycles. The van der Waals surface area contributed by atoms with Gasteiger partial charge in [-0.05, 0) is 30.7 Å². The van der Waals surface area contributed by atoms with E-state index in [2.05, 4.69) is 35.0 Å². The highest BCUT2D eigenvalue weighted by Gasteiger charge is 2.49. The molecule has 1 aliphatic carbocycles. The fourth-order valence-electron chi connectivity index (χ4n) is 5.75. The molecule has 7 nitrogen and oxygen atoms in total. The first kappa shape index (κ1) is 26.1. The van der Waals surface area contributed by atoms with E-state index < -0.39 is 11.6 Å². The third-order valence-electron chi connectivity index (χ3n) is 7.93. The van der Waals surface area contributed by atoms with Gasteiger partial charge in [0, 0.05) is 32.3 Å². The van der Waals surface area contributed by atoms with Crippen LogP contribution in [0.3, 0.4) is 0 Å². The van der Waals surface area contributed by atoms with E-state index in [4.69, 9.17) is 4.74 Å². The Morgan fingerprint density at radius 1 is 1.17 bits per heavy atom. The molecule has 2 heterocycles. The lowest BCUT2D eigenvalue weighted by Crippen LogP contribution is -2.65. The van der Waals surface area contributed by atoms with Gasteiger partial charge in [0.2, 0.25) is 11.8 Å². The van der Waals surface area contributed by atoms with Crippen LogP contribution in [0.1, 0.15) is 76.7 Å². The molecule has 4 rings (SSSR count). The average Bonchev–Trinajstić information content (AvgIpc) is 3.39. The van der Waals surface area contributed by atoms with Crippen molar-refractivity contribution in [1.29, 1.82) is 0 Å². The first-order chi connectivity index (χ1) is 17.1. The van der Waals surface area contributed by atoms with Crippen LogP contribution >= 0.6 is 0 Å². The predicted molar refractivity (Wildman–Crippen MR) is 138 cm³/mol. The zero-order valence-electron chi connectivity index (χ0n) is 21.4. The van der Waals surface area contributed by atoms with E-state index in [1.807, 2.05) is 23.1 Å². The van der Waals surface area contributed by atoms with Crippen molar-refractivity contribution in [2.24, 2.45) is 5.92 Å². The van der Waals surface area contributed by atoms with E-state index in [0.717, 1.165) is 57.3 Å². The maximum atomic E-state index is 13.7. The molecule has 2 amide bonds. The lowest BCUT2D eigenvalue weighted by molar-refractivity contribution is -0.175. The Bertz CT molecular complexity index is 800. The van der Waals surface area contributed by atoms with Gasteiger partial charge in [-0.2, -0.15) is 0 Å². The summed E-state index contributed by atoms with van der Waals surface area (Å²) in [7, 11) is 0. The quantitative estimate of drug-likeness (QED) is 0.397. The van der Waals surface area contributed by atoms with Crippen molar-refractivity contribution >= 4 is 11.8 Å². The van der Waals surface area contributed by atoms with Gasteiger partial charge in [-0.25, -0.2) is 0 Å². The molecule has 3 N–H and O–H groups in total. The van der Waals surface area contributed by atoms with Gasteiger partial charge in [0.1, 0.15) is 11.6 Å². The van der Waals surface area contributed by atoms with Gasteiger partial charge in [0.25, 0.3) is 0 Å². The summed E-state index contributed by atoms with van der Waals surface area (Å²) in [5.41, 5.74) is 0.692. The van der Waals surface area contributed by atoms with Crippen molar-refractivity contribution in [3.63, 3.8) is 0 Å². The third kappa shape index (κ3) is 7.05. The monoisotopic (exact) mass is 484 g/mol. The molecule has 3 aliphatic rings. The molecule has 2 saturated heterocycles. The summed E-state index contributed by atoms with van der Waals surface area (Å²) in [6, 6.07) is 10.2. The fourth-order valence-corrected chi connectivity index (χ4v) is 5.75. The number of benzene rings is 1. The number of unbranched alkanes of at least 4 members (excludes halogenated alkanes) is 1. The zero-order chi connectivity index (χ0) is 24.5. The Labute approximate surface area is 210 Å². The third-order valence-corrected chi connectivity index (χ3v) is 7.93. The molecule has 7 heteroatoms. The van der Waals surface area contributed by atoms with Gasteiger partial charge in [0.15, 0.2) is 0 Å². The van der Waals surface area contributed by atoms with Gasteiger partial charge in [-0.1, -0.05) is 75.8 Å². The molecule has 35 heavy (non-hydrogen) atoms. The number of hydrogen-bond acceptors (Lipinski definition) is 5. The molecule has 1 saturated carbocycles. The summed E-state index contributed by atoms with van der Waals surface area (Å²) >= 11 is 0.